The highest BCUT2D eigenvalue weighted by atomic mass is 16.5. The van der Waals surface area contributed by atoms with E-state index in [9.17, 15) is 4.79 Å². The number of ether oxygens (including phenoxy) is 2. The molecule has 1 unspecified atom stereocenters. The van der Waals surface area contributed by atoms with E-state index in [-0.39, 0.29) is 11.9 Å². The van der Waals surface area contributed by atoms with Gasteiger partial charge in [0.1, 0.15) is 0 Å². The van der Waals surface area contributed by atoms with E-state index < -0.39 is 0 Å². The first kappa shape index (κ1) is 15.7. The average molecular weight is 265 g/mol. The van der Waals surface area contributed by atoms with E-state index in [1.807, 2.05) is 44.3 Å². The number of nitrogens with zero attached hydrogens (tertiary/aromatic N) is 1. The van der Waals surface area contributed by atoms with E-state index in [1.165, 1.54) is 7.11 Å². The Morgan fingerprint density at radius 2 is 2.00 bits per heavy atom. The fourth-order valence-corrected chi connectivity index (χ4v) is 1.91. The van der Waals surface area contributed by atoms with Crippen molar-refractivity contribution in [1.82, 2.24) is 4.90 Å². The van der Waals surface area contributed by atoms with Crippen LogP contribution in [0.1, 0.15) is 18.4 Å². The smallest absolute Gasteiger partial charge is 0.314 e. The first-order valence-electron chi connectivity index (χ1n) is 6.58. The summed E-state index contributed by atoms with van der Waals surface area (Å²) in [5, 5.41) is 0. The van der Waals surface area contributed by atoms with Gasteiger partial charge in [-0.05, 0) is 19.5 Å². The van der Waals surface area contributed by atoms with Gasteiger partial charge in [0.15, 0.2) is 0 Å². The summed E-state index contributed by atoms with van der Waals surface area (Å²) >= 11 is 0. The molecule has 4 heteroatoms. The van der Waals surface area contributed by atoms with Gasteiger partial charge in [0.05, 0.1) is 19.6 Å². The first-order chi connectivity index (χ1) is 9.19. The zero-order valence-electron chi connectivity index (χ0n) is 12.0. The summed E-state index contributed by atoms with van der Waals surface area (Å²) in [6.07, 6.45) is 0. The second kappa shape index (κ2) is 8.67. The van der Waals surface area contributed by atoms with Gasteiger partial charge in [0.25, 0.3) is 0 Å². The molecule has 0 saturated carbocycles. The zero-order chi connectivity index (χ0) is 14.1. The molecule has 0 aliphatic rings. The molecule has 4 nitrogen and oxygen atoms in total. The molecule has 1 atom stereocenters. The molecule has 0 radical (unpaired) electrons. The van der Waals surface area contributed by atoms with Crippen molar-refractivity contribution < 1.29 is 14.3 Å². The summed E-state index contributed by atoms with van der Waals surface area (Å²) in [6, 6.07) is 9.73. The van der Waals surface area contributed by atoms with Gasteiger partial charge in [0.2, 0.25) is 0 Å². The van der Waals surface area contributed by atoms with Gasteiger partial charge in [-0.1, -0.05) is 30.3 Å². The molecule has 0 amide bonds. The number of carbonyl (C=O) groups excluding carboxylic acids is 1. The Hall–Kier alpha value is -1.39. The summed E-state index contributed by atoms with van der Waals surface area (Å²) in [6.45, 7) is 4.79. The predicted molar refractivity (Wildman–Crippen MR) is 75.2 cm³/mol. The van der Waals surface area contributed by atoms with Crippen molar-refractivity contribution in [3.05, 3.63) is 35.9 Å². The Kier molecular flexibility index (Phi) is 7.15. The van der Waals surface area contributed by atoms with Gasteiger partial charge >= 0.3 is 5.97 Å². The van der Waals surface area contributed by atoms with E-state index in [4.69, 9.17) is 9.47 Å². The Morgan fingerprint density at radius 1 is 1.32 bits per heavy atom. The summed E-state index contributed by atoms with van der Waals surface area (Å²) < 4.78 is 10.2. The Labute approximate surface area is 115 Å². The van der Waals surface area contributed by atoms with Gasteiger partial charge in [-0.15, -0.1) is 0 Å². The third-order valence-electron chi connectivity index (χ3n) is 3.00. The van der Waals surface area contributed by atoms with E-state index in [1.54, 1.807) is 0 Å². The lowest BCUT2D eigenvalue weighted by atomic mass is 9.99. The standard InChI is InChI=1S/C15H23NO3/c1-4-19-11-10-16(2)12-14(15(17)18-3)13-8-6-5-7-9-13/h5-9,14H,4,10-12H2,1-3H3. The summed E-state index contributed by atoms with van der Waals surface area (Å²) in [5.74, 6) is -0.452. The second-order valence-electron chi connectivity index (χ2n) is 4.45. The van der Waals surface area contributed by atoms with Crippen LogP contribution in [0.15, 0.2) is 30.3 Å². The van der Waals surface area contributed by atoms with Crippen LogP contribution in [-0.4, -0.2) is 51.3 Å². The molecular weight excluding hydrogens is 242 g/mol. The molecule has 0 heterocycles. The number of likely N-dealkylation sites (N-methyl/N-ethyl adjacent to an activating group) is 1. The molecule has 1 aromatic rings. The monoisotopic (exact) mass is 265 g/mol. The Morgan fingerprint density at radius 3 is 2.58 bits per heavy atom. The molecule has 0 bridgehead atoms. The van der Waals surface area contributed by atoms with Crippen LogP contribution in [0.4, 0.5) is 0 Å². The molecule has 0 aromatic heterocycles. The van der Waals surface area contributed by atoms with Crippen molar-refractivity contribution in [2.75, 3.05) is 40.5 Å². The minimum absolute atomic E-state index is 0.200. The number of benzene rings is 1. The number of esters is 1. The average Bonchev–Trinajstić information content (AvgIpc) is 2.45. The summed E-state index contributed by atoms with van der Waals surface area (Å²) in [4.78, 5) is 14.0. The quantitative estimate of drug-likeness (QED) is 0.531. The number of methoxy groups -OCH3 is 1. The molecule has 0 saturated heterocycles. The maximum absolute atomic E-state index is 11.9. The van der Waals surface area contributed by atoms with E-state index in [2.05, 4.69) is 4.90 Å². The van der Waals surface area contributed by atoms with Crippen LogP contribution in [0.5, 0.6) is 0 Å². The fourth-order valence-electron chi connectivity index (χ4n) is 1.91. The predicted octanol–water partition coefficient (Wildman–Crippen LogP) is 1.91. The SMILES string of the molecule is CCOCCN(C)CC(C(=O)OC)c1ccccc1. The molecule has 19 heavy (non-hydrogen) atoms. The van der Waals surface area contributed by atoms with Crippen LogP contribution in [-0.2, 0) is 14.3 Å². The van der Waals surface area contributed by atoms with Crippen LogP contribution < -0.4 is 0 Å². The lowest BCUT2D eigenvalue weighted by Gasteiger charge is -2.22. The zero-order valence-corrected chi connectivity index (χ0v) is 12.0. The van der Waals surface area contributed by atoms with Crippen LogP contribution in [0, 0.1) is 0 Å². The number of carbonyl (C=O) groups is 1. The molecule has 1 aromatic carbocycles. The van der Waals surface area contributed by atoms with Crippen molar-refractivity contribution in [3.63, 3.8) is 0 Å². The Balaban J connectivity index is 2.63. The molecule has 0 fully saturated rings. The normalized spacial score (nSPS) is 12.4. The summed E-state index contributed by atoms with van der Waals surface area (Å²) in [7, 11) is 3.41. The van der Waals surface area contributed by atoms with Crippen molar-refractivity contribution in [3.8, 4) is 0 Å². The highest BCUT2D eigenvalue weighted by molar-refractivity contribution is 5.78. The fraction of sp³-hybridized carbons (Fsp3) is 0.533. The third-order valence-corrected chi connectivity index (χ3v) is 3.00. The van der Waals surface area contributed by atoms with Crippen molar-refractivity contribution in [2.45, 2.75) is 12.8 Å². The maximum Gasteiger partial charge on any atom is 0.314 e. The van der Waals surface area contributed by atoms with Gasteiger partial charge in [-0.3, -0.25) is 4.79 Å². The Bertz CT molecular complexity index is 367. The van der Waals surface area contributed by atoms with Gasteiger partial charge < -0.3 is 14.4 Å². The van der Waals surface area contributed by atoms with E-state index in [0.717, 1.165) is 12.1 Å². The molecule has 0 spiro atoms. The van der Waals surface area contributed by atoms with E-state index >= 15 is 0 Å². The van der Waals surface area contributed by atoms with Crippen molar-refractivity contribution in [1.29, 1.82) is 0 Å². The highest BCUT2D eigenvalue weighted by Crippen LogP contribution is 2.18. The highest BCUT2D eigenvalue weighted by Gasteiger charge is 2.22. The van der Waals surface area contributed by atoms with Gasteiger partial charge in [-0.25, -0.2) is 0 Å². The van der Waals surface area contributed by atoms with Gasteiger partial charge in [-0.2, -0.15) is 0 Å². The topological polar surface area (TPSA) is 38.8 Å². The maximum atomic E-state index is 11.9. The van der Waals surface area contributed by atoms with Crippen molar-refractivity contribution >= 4 is 5.97 Å². The van der Waals surface area contributed by atoms with E-state index in [0.29, 0.717) is 19.8 Å². The van der Waals surface area contributed by atoms with Crippen LogP contribution in [0.3, 0.4) is 0 Å². The van der Waals surface area contributed by atoms with Crippen molar-refractivity contribution in [2.24, 2.45) is 0 Å². The van der Waals surface area contributed by atoms with Crippen LogP contribution >= 0.6 is 0 Å². The lowest BCUT2D eigenvalue weighted by molar-refractivity contribution is -0.142. The van der Waals surface area contributed by atoms with Crippen LogP contribution in [0.25, 0.3) is 0 Å². The second-order valence-corrected chi connectivity index (χ2v) is 4.45. The largest absolute Gasteiger partial charge is 0.469 e. The third kappa shape index (κ3) is 5.41. The molecule has 0 aliphatic heterocycles. The molecule has 1 rings (SSSR count). The number of rotatable bonds is 8. The number of hydrogen-bond donors (Lipinski definition) is 0. The molecule has 0 aliphatic carbocycles. The minimum atomic E-state index is -0.252. The lowest BCUT2D eigenvalue weighted by Crippen LogP contribution is -2.32. The minimum Gasteiger partial charge on any atom is -0.469 e. The first-order valence-corrected chi connectivity index (χ1v) is 6.58. The number of hydrogen-bond acceptors (Lipinski definition) is 4. The van der Waals surface area contributed by atoms with Gasteiger partial charge in [0, 0.05) is 19.7 Å². The molecule has 0 N–H and O–H groups in total. The van der Waals surface area contributed by atoms with Crippen LogP contribution in [0.2, 0.25) is 0 Å². The molecular formula is C15H23NO3. The summed E-state index contributed by atoms with van der Waals surface area (Å²) in [5.41, 5.74) is 0.984. The molecule has 106 valence electrons.